The molecule has 1 N–H and O–H groups in total. The van der Waals surface area contributed by atoms with Crippen molar-refractivity contribution in [2.75, 3.05) is 43.4 Å². The van der Waals surface area contributed by atoms with Crippen LogP contribution in [-0.2, 0) is 0 Å². The second kappa shape index (κ2) is 7.28. The van der Waals surface area contributed by atoms with Crippen LogP contribution in [0.1, 0.15) is 21.7 Å². The number of piperazine rings is 1. The molecule has 0 atom stereocenters. The van der Waals surface area contributed by atoms with Crippen LogP contribution in [-0.4, -0.2) is 54.0 Å². The number of aryl methyl sites for hydroxylation is 1. The molecule has 1 fully saturated rings. The lowest BCUT2D eigenvalue weighted by molar-refractivity contribution is 0.102. The maximum atomic E-state index is 12.5. The Bertz CT molecular complexity index is 821. The van der Waals surface area contributed by atoms with Gasteiger partial charge in [-0.25, -0.2) is 9.97 Å². The van der Waals surface area contributed by atoms with Crippen molar-refractivity contribution in [2.24, 2.45) is 0 Å². The van der Waals surface area contributed by atoms with E-state index in [0.717, 1.165) is 31.9 Å². The SMILES string of the molecule is Cc1cc(C(=O)Nc2cccc(C#N)c2)nc(N2CCN(C)CC2)n1. The van der Waals surface area contributed by atoms with Gasteiger partial charge in [-0.05, 0) is 38.2 Å². The summed E-state index contributed by atoms with van der Waals surface area (Å²) in [6.45, 7) is 5.42. The van der Waals surface area contributed by atoms with Gasteiger partial charge in [-0.2, -0.15) is 5.26 Å². The second-order valence-corrected chi connectivity index (χ2v) is 6.13. The molecule has 7 nitrogen and oxygen atoms in total. The molecule has 2 aromatic rings. The Kier molecular flexibility index (Phi) is 4.91. The predicted molar refractivity (Wildman–Crippen MR) is 95.6 cm³/mol. The zero-order valence-electron chi connectivity index (χ0n) is 14.4. The summed E-state index contributed by atoms with van der Waals surface area (Å²) in [6.07, 6.45) is 0. The number of anilines is 2. The van der Waals surface area contributed by atoms with E-state index in [1.807, 2.05) is 6.92 Å². The highest BCUT2D eigenvalue weighted by Gasteiger charge is 2.19. The number of rotatable bonds is 3. The second-order valence-electron chi connectivity index (χ2n) is 6.13. The molecular weight excluding hydrogens is 316 g/mol. The van der Waals surface area contributed by atoms with Gasteiger partial charge in [0.25, 0.3) is 5.91 Å². The number of amides is 1. The van der Waals surface area contributed by atoms with Gasteiger partial charge in [0.1, 0.15) is 5.69 Å². The number of hydrogen-bond donors (Lipinski definition) is 1. The third kappa shape index (κ3) is 4.11. The number of nitrogens with one attached hydrogen (secondary N) is 1. The van der Waals surface area contributed by atoms with Crippen molar-refractivity contribution in [3.63, 3.8) is 0 Å². The number of likely N-dealkylation sites (N-methyl/N-ethyl adjacent to an activating group) is 1. The highest BCUT2D eigenvalue weighted by Crippen LogP contribution is 2.15. The van der Waals surface area contributed by atoms with Gasteiger partial charge >= 0.3 is 0 Å². The molecule has 25 heavy (non-hydrogen) atoms. The van der Waals surface area contributed by atoms with E-state index in [1.54, 1.807) is 30.3 Å². The van der Waals surface area contributed by atoms with E-state index < -0.39 is 0 Å². The summed E-state index contributed by atoms with van der Waals surface area (Å²) in [6, 6.07) is 10.5. The van der Waals surface area contributed by atoms with Gasteiger partial charge in [0, 0.05) is 37.6 Å². The molecule has 1 aromatic heterocycles. The smallest absolute Gasteiger partial charge is 0.274 e. The Morgan fingerprint density at radius 2 is 1.96 bits per heavy atom. The standard InChI is InChI=1S/C18H20N6O/c1-13-10-16(17(25)21-15-5-3-4-14(11-15)12-19)22-18(20-13)24-8-6-23(2)7-9-24/h3-5,10-11H,6-9H2,1-2H3,(H,21,25). The van der Waals surface area contributed by atoms with E-state index >= 15 is 0 Å². The molecule has 128 valence electrons. The highest BCUT2D eigenvalue weighted by atomic mass is 16.1. The Hall–Kier alpha value is -2.98. The number of carbonyl (C=O) groups excluding carboxylic acids is 1. The Labute approximate surface area is 146 Å². The molecule has 0 radical (unpaired) electrons. The van der Waals surface area contributed by atoms with Crippen LogP contribution in [0.2, 0.25) is 0 Å². The van der Waals surface area contributed by atoms with Crippen molar-refractivity contribution >= 4 is 17.5 Å². The summed E-state index contributed by atoms with van der Waals surface area (Å²) in [5, 5.41) is 11.7. The topological polar surface area (TPSA) is 85.1 Å². The molecule has 0 saturated carbocycles. The van der Waals surface area contributed by atoms with Gasteiger partial charge in [0.05, 0.1) is 11.6 Å². The lowest BCUT2D eigenvalue weighted by Gasteiger charge is -2.32. The van der Waals surface area contributed by atoms with E-state index in [9.17, 15) is 4.79 Å². The molecule has 1 aliphatic rings. The van der Waals surface area contributed by atoms with Crippen molar-refractivity contribution < 1.29 is 4.79 Å². The van der Waals surface area contributed by atoms with Gasteiger partial charge < -0.3 is 15.1 Å². The molecule has 0 bridgehead atoms. The number of aromatic nitrogens is 2. The van der Waals surface area contributed by atoms with Gasteiger partial charge in [-0.3, -0.25) is 4.79 Å². The van der Waals surface area contributed by atoms with Crippen LogP contribution in [0.3, 0.4) is 0 Å². The molecule has 1 saturated heterocycles. The molecule has 1 aliphatic heterocycles. The van der Waals surface area contributed by atoms with E-state index in [4.69, 9.17) is 5.26 Å². The lowest BCUT2D eigenvalue weighted by Crippen LogP contribution is -2.45. The molecule has 2 heterocycles. The van der Waals surface area contributed by atoms with Crippen molar-refractivity contribution in [1.29, 1.82) is 5.26 Å². The van der Waals surface area contributed by atoms with Gasteiger partial charge in [-0.1, -0.05) is 6.07 Å². The largest absolute Gasteiger partial charge is 0.338 e. The third-order valence-electron chi connectivity index (χ3n) is 4.11. The summed E-state index contributed by atoms with van der Waals surface area (Å²) >= 11 is 0. The van der Waals surface area contributed by atoms with E-state index in [0.29, 0.717) is 22.9 Å². The van der Waals surface area contributed by atoms with Crippen molar-refractivity contribution in [3.05, 3.63) is 47.3 Å². The zero-order chi connectivity index (χ0) is 17.8. The first-order valence-electron chi connectivity index (χ1n) is 8.16. The van der Waals surface area contributed by atoms with Gasteiger partial charge in [0.15, 0.2) is 0 Å². The van der Waals surface area contributed by atoms with Gasteiger partial charge in [-0.15, -0.1) is 0 Å². The summed E-state index contributed by atoms with van der Waals surface area (Å²) in [5.41, 5.74) is 2.14. The fraction of sp³-hybridized carbons (Fsp3) is 0.333. The van der Waals surface area contributed by atoms with Crippen LogP contribution in [0.25, 0.3) is 0 Å². The third-order valence-corrected chi connectivity index (χ3v) is 4.11. The minimum atomic E-state index is -0.309. The summed E-state index contributed by atoms with van der Waals surface area (Å²) in [7, 11) is 2.09. The normalized spacial score (nSPS) is 14.8. The van der Waals surface area contributed by atoms with Crippen molar-refractivity contribution in [2.45, 2.75) is 6.92 Å². The zero-order valence-corrected chi connectivity index (χ0v) is 14.4. The number of carbonyl (C=O) groups is 1. The van der Waals surface area contributed by atoms with E-state index in [2.05, 4.69) is 38.2 Å². The van der Waals surface area contributed by atoms with Crippen LogP contribution in [0.5, 0.6) is 0 Å². The van der Waals surface area contributed by atoms with E-state index in [-0.39, 0.29) is 5.91 Å². The molecule has 1 amide bonds. The maximum Gasteiger partial charge on any atom is 0.274 e. The van der Waals surface area contributed by atoms with Crippen molar-refractivity contribution in [1.82, 2.24) is 14.9 Å². The Balaban J connectivity index is 1.79. The number of nitriles is 1. The van der Waals surface area contributed by atoms with Crippen LogP contribution >= 0.6 is 0 Å². The van der Waals surface area contributed by atoms with Crippen LogP contribution in [0.15, 0.2) is 30.3 Å². The molecule has 1 aromatic carbocycles. The van der Waals surface area contributed by atoms with Crippen molar-refractivity contribution in [3.8, 4) is 6.07 Å². The minimum absolute atomic E-state index is 0.309. The van der Waals surface area contributed by atoms with Gasteiger partial charge in [0.2, 0.25) is 5.95 Å². The average molecular weight is 336 g/mol. The first-order chi connectivity index (χ1) is 12.0. The molecule has 3 rings (SSSR count). The minimum Gasteiger partial charge on any atom is -0.338 e. The molecule has 0 aliphatic carbocycles. The van der Waals surface area contributed by atoms with E-state index in [1.165, 1.54) is 0 Å². The van der Waals surface area contributed by atoms with Crippen LogP contribution in [0.4, 0.5) is 11.6 Å². The maximum absolute atomic E-state index is 12.5. The summed E-state index contributed by atoms with van der Waals surface area (Å²) in [4.78, 5) is 25.8. The Morgan fingerprint density at radius 1 is 1.20 bits per heavy atom. The summed E-state index contributed by atoms with van der Waals surface area (Å²) < 4.78 is 0. The average Bonchev–Trinajstić information content (AvgIpc) is 2.62. The fourth-order valence-corrected chi connectivity index (χ4v) is 2.68. The number of hydrogen-bond acceptors (Lipinski definition) is 6. The molecule has 0 unspecified atom stereocenters. The number of benzene rings is 1. The predicted octanol–water partition coefficient (Wildman–Crippen LogP) is 1.66. The monoisotopic (exact) mass is 336 g/mol. The van der Waals surface area contributed by atoms with Crippen LogP contribution in [0, 0.1) is 18.3 Å². The molecular formula is C18H20N6O. The first kappa shape index (κ1) is 16.9. The molecule has 7 heteroatoms. The summed E-state index contributed by atoms with van der Waals surface area (Å²) in [5.74, 6) is 0.278. The highest BCUT2D eigenvalue weighted by molar-refractivity contribution is 6.03. The first-order valence-corrected chi connectivity index (χ1v) is 8.16. The van der Waals surface area contributed by atoms with Crippen LogP contribution < -0.4 is 10.2 Å². The molecule has 0 spiro atoms. The fourth-order valence-electron chi connectivity index (χ4n) is 2.68. The Morgan fingerprint density at radius 3 is 2.68 bits per heavy atom. The lowest BCUT2D eigenvalue weighted by atomic mass is 10.2. The number of nitrogens with zero attached hydrogens (tertiary/aromatic N) is 5. The quantitative estimate of drug-likeness (QED) is 0.917.